The minimum atomic E-state index is 0.609. The maximum Gasteiger partial charge on any atom is 0.191 e. The van der Waals surface area contributed by atoms with Gasteiger partial charge in [-0.1, -0.05) is 18.2 Å². The third-order valence-corrected chi connectivity index (χ3v) is 4.36. The van der Waals surface area contributed by atoms with Crippen LogP contribution in [0.15, 0.2) is 41.7 Å². The highest BCUT2D eigenvalue weighted by molar-refractivity contribution is 5.86. The molecule has 25 heavy (non-hydrogen) atoms. The quantitative estimate of drug-likeness (QED) is 0.478. The van der Waals surface area contributed by atoms with Crippen molar-refractivity contribution in [1.29, 1.82) is 0 Å². The molecule has 2 aromatic heterocycles. The predicted molar refractivity (Wildman–Crippen MR) is 103 cm³/mol. The summed E-state index contributed by atoms with van der Waals surface area (Å²) in [6, 6.07) is 8.41. The maximum absolute atomic E-state index is 4.64. The smallest absolute Gasteiger partial charge is 0.191 e. The van der Waals surface area contributed by atoms with Gasteiger partial charge in [0.15, 0.2) is 5.96 Å². The number of aromatic nitrogens is 3. The number of nitrogens with zero attached hydrogens (tertiary/aromatic N) is 3. The molecule has 132 valence electrons. The van der Waals surface area contributed by atoms with E-state index < -0.39 is 0 Å². The van der Waals surface area contributed by atoms with Gasteiger partial charge in [-0.15, -0.1) is 0 Å². The van der Waals surface area contributed by atoms with Crippen LogP contribution in [0.4, 0.5) is 0 Å². The number of rotatable bonds is 6. The lowest BCUT2D eigenvalue weighted by atomic mass is 10.1. The van der Waals surface area contributed by atoms with Gasteiger partial charge in [0.1, 0.15) is 0 Å². The predicted octanol–water partition coefficient (Wildman–Crippen LogP) is 2.51. The van der Waals surface area contributed by atoms with Crippen molar-refractivity contribution >= 4 is 16.9 Å². The van der Waals surface area contributed by atoms with Gasteiger partial charge in [-0.3, -0.25) is 4.68 Å². The molecule has 0 fully saturated rings. The zero-order valence-corrected chi connectivity index (χ0v) is 15.1. The van der Waals surface area contributed by atoms with E-state index in [4.69, 9.17) is 0 Å². The van der Waals surface area contributed by atoms with Crippen molar-refractivity contribution in [2.45, 2.75) is 26.8 Å². The Morgan fingerprint density at radius 2 is 2.16 bits per heavy atom. The van der Waals surface area contributed by atoms with E-state index in [9.17, 15) is 0 Å². The number of fused-ring (bicyclic) bond motifs is 1. The molecule has 0 saturated heterocycles. The third kappa shape index (κ3) is 4.02. The first-order chi connectivity index (χ1) is 12.2. The second kappa shape index (κ2) is 7.88. The second-order valence-electron chi connectivity index (χ2n) is 6.13. The minimum absolute atomic E-state index is 0.609. The van der Waals surface area contributed by atoms with Crippen molar-refractivity contribution < 1.29 is 0 Å². The molecule has 0 bridgehead atoms. The number of aryl methyl sites for hydroxylation is 2. The lowest BCUT2D eigenvalue weighted by molar-refractivity contribution is 0.707. The summed E-state index contributed by atoms with van der Waals surface area (Å²) in [7, 11) is 1.93. The van der Waals surface area contributed by atoms with Gasteiger partial charge >= 0.3 is 0 Å². The number of H-pyrrole nitrogens is 1. The molecule has 0 amide bonds. The number of aromatic amines is 1. The molecule has 2 heterocycles. The van der Waals surface area contributed by atoms with Crippen molar-refractivity contribution in [1.82, 2.24) is 25.4 Å². The summed E-state index contributed by atoms with van der Waals surface area (Å²) in [5.74, 6) is 0.833. The first kappa shape index (κ1) is 17.1. The van der Waals surface area contributed by atoms with E-state index in [1.807, 2.05) is 17.8 Å². The highest BCUT2D eigenvalue weighted by Crippen LogP contribution is 2.21. The summed E-state index contributed by atoms with van der Waals surface area (Å²) in [5, 5.41) is 12.2. The van der Waals surface area contributed by atoms with E-state index in [1.54, 1.807) is 6.20 Å². The molecule has 6 heteroatoms. The molecule has 0 atom stereocenters. The van der Waals surface area contributed by atoms with Gasteiger partial charge in [-0.25, -0.2) is 4.99 Å². The van der Waals surface area contributed by atoms with Crippen LogP contribution in [0.3, 0.4) is 0 Å². The molecule has 3 aromatic rings. The van der Waals surface area contributed by atoms with Gasteiger partial charge in [0.05, 0.1) is 12.2 Å². The highest BCUT2D eigenvalue weighted by Gasteiger charge is 2.06. The zero-order valence-electron chi connectivity index (χ0n) is 15.1. The van der Waals surface area contributed by atoms with Gasteiger partial charge in [0, 0.05) is 43.4 Å². The first-order valence-electron chi connectivity index (χ1n) is 8.73. The van der Waals surface area contributed by atoms with Crippen LogP contribution in [0.5, 0.6) is 0 Å². The Labute approximate surface area is 148 Å². The highest BCUT2D eigenvalue weighted by atomic mass is 15.3. The van der Waals surface area contributed by atoms with Crippen LogP contribution in [-0.4, -0.2) is 33.8 Å². The van der Waals surface area contributed by atoms with Gasteiger partial charge in [-0.2, -0.15) is 5.10 Å². The first-order valence-corrected chi connectivity index (χ1v) is 8.73. The third-order valence-electron chi connectivity index (χ3n) is 4.36. The number of para-hydroxylation sites is 1. The molecule has 0 aliphatic rings. The standard InChI is InChI=1S/C19H26N6/c1-4-20-19(23-13-16-9-11-24-25(16)3)21-10-8-15-12-22-18-14(2)6-5-7-17(15)18/h5-7,9,11-12,22H,4,8,10,13H2,1-3H3,(H2,20,21,23). The Bertz CT molecular complexity index is 858. The zero-order chi connectivity index (χ0) is 17.6. The number of nitrogens with one attached hydrogen (secondary N) is 3. The van der Waals surface area contributed by atoms with E-state index in [0.29, 0.717) is 6.54 Å². The van der Waals surface area contributed by atoms with Gasteiger partial charge < -0.3 is 15.6 Å². The Hall–Kier alpha value is -2.76. The Morgan fingerprint density at radius 1 is 1.28 bits per heavy atom. The molecular weight excluding hydrogens is 312 g/mol. The molecule has 0 unspecified atom stereocenters. The molecule has 0 aliphatic heterocycles. The lowest BCUT2D eigenvalue weighted by Crippen LogP contribution is -2.38. The largest absolute Gasteiger partial charge is 0.361 e. The number of hydrogen-bond acceptors (Lipinski definition) is 2. The monoisotopic (exact) mass is 338 g/mol. The van der Waals surface area contributed by atoms with Crippen LogP contribution in [-0.2, 0) is 20.0 Å². The second-order valence-corrected chi connectivity index (χ2v) is 6.13. The topological polar surface area (TPSA) is 70.0 Å². The van der Waals surface area contributed by atoms with Crippen LogP contribution in [0, 0.1) is 6.92 Å². The summed E-state index contributed by atoms with van der Waals surface area (Å²) in [6.07, 6.45) is 4.85. The average Bonchev–Trinajstić information content (AvgIpc) is 3.20. The molecule has 3 rings (SSSR count). The molecule has 3 N–H and O–H groups in total. The van der Waals surface area contributed by atoms with Crippen molar-refractivity contribution in [3.63, 3.8) is 0 Å². The van der Waals surface area contributed by atoms with E-state index >= 15 is 0 Å². The number of aliphatic imine (C=N–C) groups is 1. The number of hydrogen-bond donors (Lipinski definition) is 3. The summed E-state index contributed by atoms with van der Waals surface area (Å²) in [4.78, 5) is 8.02. The molecule has 0 aliphatic carbocycles. The lowest BCUT2D eigenvalue weighted by Gasteiger charge is -2.11. The van der Waals surface area contributed by atoms with E-state index in [-0.39, 0.29) is 0 Å². The van der Waals surface area contributed by atoms with Crippen LogP contribution in [0.2, 0.25) is 0 Å². The van der Waals surface area contributed by atoms with E-state index in [2.05, 4.69) is 64.0 Å². The maximum atomic E-state index is 4.64. The molecule has 0 saturated carbocycles. The fraction of sp³-hybridized carbons (Fsp3) is 0.368. The average molecular weight is 338 g/mol. The Kier molecular flexibility index (Phi) is 5.38. The summed E-state index contributed by atoms with van der Waals surface area (Å²) in [5.41, 5.74) is 4.93. The minimum Gasteiger partial charge on any atom is -0.361 e. The Balaban J connectivity index is 1.61. The molecular formula is C19H26N6. The van der Waals surface area contributed by atoms with Crippen LogP contribution < -0.4 is 10.6 Å². The van der Waals surface area contributed by atoms with Crippen molar-refractivity contribution in [2.24, 2.45) is 12.0 Å². The van der Waals surface area contributed by atoms with Crippen LogP contribution in [0.25, 0.3) is 10.9 Å². The number of guanidine groups is 1. The molecule has 1 aromatic carbocycles. The summed E-state index contributed by atoms with van der Waals surface area (Å²) >= 11 is 0. The fourth-order valence-electron chi connectivity index (χ4n) is 2.94. The van der Waals surface area contributed by atoms with E-state index in [0.717, 1.165) is 31.2 Å². The van der Waals surface area contributed by atoms with Crippen LogP contribution >= 0.6 is 0 Å². The molecule has 0 radical (unpaired) electrons. The van der Waals surface area contributed by atoms with Gasteiger partial charge in [-0.05, 0) is 37.5 Å². The van der Waals surface area contributed by atoms with E-state index in [1.165, 1.54) is 22.0 Å². The van der Waals surface area contributed by atoms with Crippen molar-refractivity contribution in [3.05, 3.63) is 53.5 Å². The SMILES string of the molecule is CCNC(=NCc1ccnn1C)NCCc1c[nH]c2c(C)cccc12. The molecule has 6 nitrogen and oxygen atoms in total. The number of benzene rings is 1. The fourth-order valence-corrected chi connectivity index (χ4v) is 2.94. The van der Waals surface area contributed by atoms with Crippen molar-refractivity contribution in [3.8, 4) is 0 Å². The summed E-state index contributed by atoms with van der Waals surface area (Å²) in [6.45, 7) is 6.48. The molecule has 0 spiro atoms. The van der Waals surface area contributed by atoms with Crippen LogP contribution in [0.1, 0.15) is 23.7 Å². The normalized spacial score (nSPS) is 11.9. The van der Waals surface area contributed by atoms with Gasteiger partial charge in [0.2, 0.25) is 0 Å². The Morgan fingerprint density at radius 3 is 2.92 bits per heavy atom. The van der Waals surface area contributed by atoms with Crippen molar-refractivity contribution in [2.75, 3.05) is 13.1 Å². The summed E-state index contributed by atoms with van der Waals surface area (Å²) < 4.78 is 1.85. The van der Waals surface area contributed by atoms with Gasteiger partial charge in [0.25, 0.3) is 0 Å².